The van der Waals surface area contributed by atoms with Crippen LogP contribution in [0.4, 0.5) is 17.1 Å². The Morgan fingerprint density at radius 2 is 1.00 bits per heavy atom. The van der Waals surface area contributed by atoms with Gasteiger partial charge in [0.15, 0.2) is 0 Å². The minimum absolute atomic E-state index is 0.450. The molecule has 1 aromatic heterocycles. The van der Waals surface area contributed by atoms with Crippen LogP contribution in [0.1, 0.15) is 18.9 Å². The third-order valence-electron chi connectivity index (χ3n) is 13.1. The zero-order valence-electron chi connectivity index (χ0n) is 36.2. The molecule has 1 aliphatic carbocycles. The highest BCUT2D eigenvalue weighted by Gasteiger charge is 2.22. The molecule has 1 unspecified atom stereocenters. The highest BCUT2D eigenvalue weighted by molar-refractivity contribution is 7.26. The van der Waals surface area contributed by atoms with Crippen molar-refractivity contribution in [1.82, 2.24) is 0 Å². The maximum atomic E-state index is 2.48. The second kappa shape index (κ2) is 16.4. The minimum atomic E-state index is 0.450. The van der Waals surface area contributed by atoms with Crippen LogP contribution in [0.25, 0.3) is 91.8 Å². The molecule has 12 rings (SSSR count). The van der Waals surface area contributed by atoms with Crippen LogP contribution in [0.3, 0.4) is 0 Å². The molecule has 11 aromatic rings. The number of thiophene rings is 1. The monoisotopic (exact) mass is 847 g/mol. The van der Waals surface area contributed by atoms with Gasteiger partial charge in [-0.1, -0.05) is 189 Å². The minimum Gasteiger partial charge on any atom is -0.310 e. The normalized spacial score (nSPS) is 13.7. The number of rotatable bonds is 8. The Morgan fingerprint density at radius 1 is 0.415 bits per heavy atom. The predicted octanol–water partition coefficient (Wildman–Crippen LogP) is 18.5. The van der Waals surface area contributed by atoms with Gasteiger partial charge < -0.3 is 4.90 Å². The van der Waals surface area contributed by atoms with Gasteiger partial charge in [0.1, 0.15) is 0 Å². The summed E-state index contributed by atoms with van der Waals surface area (Å²) >= 11 is 1.88. The largest absolute Gasteiger partial charge is 0.310 e. The molecule has 308 valence electrons. The van der Waals surface area contributed by atoms with Gasteiger partial charge in [-0.15, -0.1) is 11.3 Å². The van der Waals surface area contributed by atoms with Crippen molar-refractivity contribution in [2.75, 3.05) is 4.90 Å². The molecule has 1 aliphatic rings. The van der Waals surface area contributed by atoms with E-state index in [1.807, 2.05) is 11.3 Å². The van der Waals surface area contributed by atoms with E-state index in [0.717, 1.165) is 23.5 Å². The van der Waals surface area contributed by atoms with Gasteiger partial charge in [-0.2, -0.15) is 0 Å². The lowest BCUT2D eigenvalue weighted by Gasteiger charge is -2.30. The van der Waals surface area contributed by atoms with Gasteiger partial charge in [-0.05, 0) is 139 Å². The average Bonchev–Trinajstić information content (AvgIpc) is 3.76. The van der Waals surface area contributed by atoms with Crippen molar-refractivity contribution in [3.63, 3.8) is 0 Å². The van der Waals surface area contributed by atoms with Crippen LogP contribution in [0.5, 0.6) is 0 Å². The zero-order valence-corrected chi connectivity index (χ0v) is 37.0. The van der Waals surface area contributed by atoms with E-state index in [1.165, 1.54) is 97.4 Å². The van der Waals surface area contributed by atoms with Crippen LogP contribution in [0.2, 0.25) is 0 Å². The molecule has 65 heavy (non-hydrogen) atoms. The van der Waals surface area contributed by atoms with Gasteiger partial charge >= 0.3 is 0 Å². The zero-order chi connectivity index (χ0) is 43.3. The van der Waals surface area contributed by atoms with Crippen LogP contribution in [-0.2, 0) is 0 Å². The van der Waals surface area contributed by atoms with Crippen molar-refractivity contribution in [3.05, 3.63) is 242 Å². The van der Waals surface area contributed by atoms with Crippen molar-refractivity contribution in [2.45, 2.75) is 13.3 Å². The maximum Gasteiger partial charge on any atom is 0.0546 e. The van der Waals surface area contributed by atoms with Crippen LogP contribution in [0, 0.1) is 5.92 Å². The summed E-state index contributed by atoms with van der Waals surface area (Å²) in [6, 6.07) is 80.7. The molecule has 1 nitrogen and oxygen atoms in total. The number of nitrogens with zero attached hydrogens (tertiary/aromatic N) is 1. The Hall–Kier alpha value is -7.78. The number of benzene rings is 10. The number of allylic oxidation sites excluding steroid dienone is 4. The van der Waals surface area contributed by atoms with Gasteiger partial charge in [0.2, 0.25) is 0 Å². The third kappa shape index (κ3) is 7.32. The Balaban J connectivity index is 1.02. The van der Waals surface area contributed by atoms with E-state index in [1.54, 1.807) is 0 Å². The quantitative estimate of drug-likeness (QED) is 0.147. The van der Waals surface area contributed by atoms with Crippen molar-refractivity contribution in [2.24, 2.45) is 5.92 Å². The molecule has 0 spiro atoms. The molecule has 0 fully saturated rings. The molecule has 0 saturated carbocycles. The van der Waals surface area contributed by atoms with Gasteiger partial charge in [0.25, 0.3) is 0 Å². The highest BCUT2D eigenvalue weighted by atomic mass is 32.1. The highest BCUT2D eigenvalue weighted by Crippen LogP contribution is 2.46. The van der Waals surface area contributed by atoms with E-state index >= 15 is 0 Å². The van der Waals surface area contributed by atoms with Crippen molar-refractivity contribution >= 4 is 75.7 Å². The van der Waals surface area contributed by atoms with Crippen LogP contribution >= 0.6 is 11.3 Å². The topological polar surface area (TPSA) is 3.24 Å². The fourth-order valence-electron chi connectivity index (χ4n) is 9.79. The molecule has 0 N–H and O–H groups in total. The molecule has 0 aliphatic heterocycles. The van der Waals surface area contributed by atoms with Gasteiger partial charge in [0, 0.05) is 37.1 Å². The summed E-state index contributed by atoms with van der Waals surface area (Å²) in [7, 11) is 0. The Labute approximate surface area is 384 Å². The first-order valence-corrected chi connectivity index (χ1v) is 23.4. The average molecular weight is 848 g/mol. The molecule has 1 heterocycles. The van der Waals surface area contributed by atoms with E-state index in [0.29, 0.717) is 5.92 Å². The lowest BCUT2D eigenvalue weighted by Crippen LogP contribution is -2.13. The lowest BCUT2D eigenvalue weighted by molar-refractivity contribution is 0.740. The number of fused-ring (bicyclic) bond motifs is 5. The molecule has 2 heteroatoms. The fraction of sp³-hybridized carbons (Fsp3) is 0.0476. The van der Waals surface area contributed by atoms with E-state index in [-0.39, 0.29) is 0 Å². The molecule has 0 saturated heterocycles. The SMILES string of the molecule is CC1C=C(c2ccc(-c3ccc4ccccc4c3)cc2N(c2ccc(-c3cccc(-c4ccc5ccccc5c4)c3)cc2)c2cccc(-c3cccc4c3sc3ccccc34)c2)C=CC1. The second-order valence-electron chi connectivity index (χ2n) is 17.4. The van der Waals surface area contributed by atoms with Crippen molar-refractivity contribution in [3.8, 4) is 44.5 Å². The third-order valence-corrected chi connectivity index (χ3v) is 14.3. The van der Waals surface area contributed by atoms with E-state index < -0.39 is 0 Å². The smallest absolute Gasteiger partial charge is 0.0546 e. The number of hydrogen-bond donors (Lipinski definition) is 0. The molecular weight excluding hydrogens is 803 g/mol. The summed E-state index contributed by atoms with van der Waals surface area (Å²) in [5.74, 6) is 0.450. The maximum absolute atomic E-state index is 2.48. The van der Waals surface area contributed by atoms with Gasteiger partial charge in [-0.25, -0.2) is 0 Å². The molecule has 0 amide bonds. The molecular formula is C63H45NS. The van der Waals surface area contributed by atoms with E-state index in [2.05, 4.69) is 248 Å². The molecule has 10 aromatic carbocycles. The summed E-state index contributed by atoms with van der Waals surface area (Å²) in [6.45, 7) is 2.32. The summed E-state index contributed by atoms with van der Waals surface area (Å²) < 4.78 is 2.63. The molecule has 0 bridgehead atoms. The van der Waals surface area contributed by atoms with Crippen molar-refractivity contribution in [1.29, 1.82) is 0 Å². The number of anilines is 3. The van der Waals surface area contributed by atoms with E-state index in [9.17, 15) is 0 Å². The van der Waals surface area contributed by atoms with Crippen LogP contribution in [-0.4, -0.2) is 0 Å². The summed E-state index contributed by atoms with van der Waals surface area (Å²) in [5, 5.41) is 7.61. The van der Waals surface area contributed by atoms with Crippen LogP contribution in [0.15, 0.2) is 237 Å². The predicted molar refractivity (Wildman–Crippen MR) is 282 cm³/mol. The lowest BCUT2D eigenvalue weighted by atomic mass is 9.90. The Morgan fingerprint density at radius 3 is 1.75 bits per heavy atom. The fourth-order valence-corrected chi connectivity index (χ4v) is 11.0. The first kappa shape index (κ1) is 38.9. The second-order valence-corrected chi connectivity index (χ2v) is 18.4. The van der Waals surface area contributed by atoms with Crippen molar-refractivity contribution < 1.29 is 0 Å². The Bertz CT molecular complexity index is 3660. The number of hydrogen-bond acceptors (Lipinski definition) is 2. The van der Waals surface area contributed by atoms with Crippen LogP contribution < -0.4 is 4.90 Å². The Kier molecular flexibility index (Phi) is 9.81. The molecule has 0 radical (unpaired) electrons. The summed E-state index contributed by atoms with van der Waals surface area (Å²) in [4.78, 5) is 2.48. The molecule has 1 atom stereocenters. The van der Waals surface area contributed by atoms with Gasteiger partial charge in [-0.3, -0.25) is 0 Å². The summed E-state index contributed by atoms with van der Waals surface area (Å²) in [5.41, 5.74) is 15.4. The van der Waals surface area contributed by atoms with E-state index in [4.69, 9.17) is 0 Å². The van der Waals surface area contributed by atoms with Gasteiger partial charge in [0.05, 0.1) is 5.69 Å². The summed E-state index contributed by atoms with van der Waals surface area (Å²) in [6.07, 6.45) is 8.14. The first-order chi connectivity index (χ1) is 32.1. The standard InChI is InChI=1S/C63H45NS/c1-42-12-8-19-53(36-42)57-35-32-52(51-29-27-44-14-3-5-16-47(44)39-51)41-61(57)64(56-21-10-20-54(40-56)58-23-11-24-60-59-22-6-7-25-62(59)65-63(58)60)55-33-30-45(31-34-55)48-17-9-18-49(37-48)50-28-26-43-13-2-4-15-46(43)38-50/h2-11,13-42H,12H2,1H3. The first-order valence-electron chi connectivity index (χ1n) is 22.6.